The molecule has 56 heavy (non-hydrogen) atoms. The number of ketones is 1. The van der Waals surface area contributed by atoms with Crippen LogP contribution in [0.2, 0.25) is 0 Å². The van der Waals surface area contributed by atoms with Gasteiger partial charge >= 0.3 is 6.03 Å². The summed E-state index contributed by atoms with van der Waals surface area (Å²) in [5, 5.41) is 13.6. The van der Waals surface area contributed by atoms with Crippen LogP contribution in [0.3, 0.4) is 0 Å². The Morgan fingerprint density at radius 3 is 2.09 bits per heavy atom. The maximum absolute atomic E-state index is 14.4. The lowest BCUT2D eigenvalue weighted by Crippen LogP contribution is -2.61. The molecule has 1 aliphatic carbocycles. The maximum Gasteiger partial charge on any atom is 0.315 e. The van der Waals surface area contributed by atoms with Crippen LogP contribution in [0.5, 0.6) is 0 Å². The van der Waals surface area contributed by atoms with Crippen molar-refractivity contribution in [2.75, 3.05) is 27.2 Å². The fourth-order valence-electron chi connectivity index (χ4n) is 7.22. The van der Waals surface area contributed by atoms with Gasteiger partial charge in [-0.15, -0.1) is 0 Å². The molecule has 7 amide bonds. The largest absolute Gasteiger partial charge is 0.371 e. The van der Waals surface area contributed by atoms with Crippen molar-refractivity contribution >= 4 is 41.4 Å². The summed E-state index contributed by atoms with van der Waals surface area (Å²) >= 11 is 0. The molecule has 1 aromatic carbocycles. The Labute approximate surface area is 332 Å². The van der Waals surface area contributed by atoms with Gasteiger partial charge in [-0.1, -0.05) is 83.7 Å². The van der Waals surface area contributed by atoms with Crippen molar-refractivity contribution in [3.8, 4) is 0 Å². The second-order valence-corrected chi connectivity index (χ2v) is 17.7. The Kier molecular flexibility index (Phi) is 16.0. The van der Waals surface area contributed by atoms with Gasteiger partial charge in [-0.25, -0.2) is 4.79 Å². The predicted molar refractivity (Wildman–Crippen MR) is 212 cm³/mol. The third kappa shape index (κ3) is 13.3. The maximum atomic E-state index is 14.4. The van der Waals surface area contributed by atoms with Gasteiger partial charge in [0.25, 0.3) is 5.91 Å². The van der Waals surface area contributed by atoms with Crippen molar-refractivity contribution in [3.63, 3.8) is 0 Å². The van der Waals surface area contributed by atoms with Crippen molar-refractivity contribution in [2.24, 2.45) is 5.41 Å². The van der Waals surface area contributed by atoms with Gasteiger partial charge < -0.3 is 41.1 Å². The zero-order valence-corrected chi connectivity index (χ0v) is 35.0. The molecule has 15 heteroatoms. The number of urea groups is 1. The number of Topliss-reactive ketones (excluding diaryl/α,β-unsaturated/α-hetero) is 1. The molecule has 0 aromatic heterocycles. The highest BCUT2D eigenvalue weighted by atomic mass is 16.5. The monoisotopic (exact) mass is 783 g/mol. The summed E-state index contributed by atoms with van der Waals surface area (Å²) in [4.78, 5) is 97.0. The van der Waals surface area contributed by atoms with Crippen LogP contribution in [0.4, 0.5) is 4.79 Å². The van der Waals surface area contributed by atoms with E-state index in [4.69, 9.17) is 4.74 Å². The number of likely N-dealkylation sites (N-methyl/N-ethyl adjacent to an activating group) is 1. The van der Waals surface area contributed by atoms with Crippen LogP contribution >= 0.6 is 0 Å². The number of nitrogens with one attached hydrogen (secondary N) is 5. The summed E-state index contributed by atoms with van der Waals surface area (Å²) in [5.41, 5.74) is -1.17. The summed E-state index contributed by atoms with van der Waals surface area (Å²) in [6.07, 6.45) is 4.95. The number of carbonyl (C=O) groups is 7. The molecule has 0 bridgehead atoms. The standard InChI is InChI=1S/C41H65N7O8/c1-11-18-28(32(50)35(52)42-24-30(49)44-31(36(53)47(9)10)26-19-14-12-15-20-26)43-34(51)29-23-27(56-40(5,6)7)25-48(29)37(54)33(39(2,3)4)45-38(55)46-41(8)21-16-13-17-22-41/h12,14-15,19-20,27-29,31,33H,11,13,16-18,21-25H2,1-10H3,(H,42,52)(H,43,51)(H,44,49)(H2,45,46,55)/t27-,28?,29+,31?,33-/m1/s1. The fourth-order valence-corrected chi connectivity index (χ4v) is 7.22. The van der Waals surface area contributed by atoms with E-state index in [9.17, 15) is 33.6 Å². The van der Waals surface area contributed by atoms with Crippen molar-refractivity contribution in [2.45, 2.75) is 148 Å². The molecule has 5 N–H and O–H groups in total. The smallest absolute Gasteiger partial charge is 0.315 e. The highest BCUT2D eigenvalue weighted by molar-refractivity contribution is 6.38. The van der Waals surface area contributed by atoms with Crippen LogP contribution < -0.4 is 26.6 Å². The Morgan fingerprint density at radius 2 is 1.54 bits per heavy atom. The zero-order valence-electron chi connectivity index (χ0n) is 35.0. The van der Waals surface area contributed by atoms with Crippen molar-refractivity contribution in [1.29, 1.82) is 0 Å². The summed E-state index contributed by atoms with van der Waals surface area (Å²) in [7, 11) is 3.12. The molecule has 0 spiro atoms. The molecule has 2 unspecified atom stereocenters. The van der Waals surface area contributed by atoms with Crippen LogP contribution in [-0.2, 0) is 33.5 Å². The number of hydrogen-bond acceptors (Lipinski definition) is 8. The van der Waals surface area contributed by atoms with E-state index in [0.29, 0.717) is 12.0 Å². The molecule has 1 saturated heterocycles. The summed E-state index contributed by atoms with van der Waals surface area (Å²) in [6.45, 7) is 14.4. The molecular formula is C41H65N7O8. The SMILES string of the molecule is CCCC(NC(=O)[C@@H]1C[C@@H](OC(C)(C)C)CN1C(=O)[C@@H](NC(=O)NC1(C)CCCCC1)C(C)(C)C)C(=O)C(=O)NCC(=O)NC(C(=O)N(C)C)c1ccccc1. The molecule has 2 aliphatic rings. The van der Waals surface area contributed by atoms with Crippen molar-refractivity contribution in [3.05, 3.63) is 35.9 Å². The summed E-state index contributed by atoms with van der Waals surface area (Å²) in [5.74, 6) is -4.23. The lowest BCUT2D eigenvalue weighted by molar-refractivity contribution is -0.144. The first-order valence-corrected chi connectivity index (χ1v) is 19.8. The van der Waals surface area contributed by atoms with E-state index in [0.717, 1.165) is 32.1 Å². The minimum atomic E-state index is -1.25. The van der Waals surface area contributed by atoms with E-state index < -0.39 is 83.3 Å². The minimum Gasteiger partial charge on any atom is -0.371 e. The van der Waals surface area contributed by atoms with E-state index in [1.165, 1.54) is 9.80 Å². The van der Waals surface area contributed by atoms with Crippen LogP contribution in [0.25, 0.3) is 0 Å². The number of carbonyl (C=O) groups excluding carboxylic acids is 7. The molecular weight excluding hydrogens is 718 g/mol. The summed E-state index contributed by atoms with van der Waals surface area (Å²) < 4.78 is 6.23. The van der Waals surface area contributed by atoms with E-state index in [-0.39, 0.29) is 30.8 Å². The minimum absolute atomic E-state index is 0.0735. The van der Waals surface area contributed by atoms with Crippen LogP contribution in [0.15, 0.2) is 30.3 Å². The molecule has 5 atom stereocenters. The molecule has 15 nitrogen and oxygen atoms in total. The highest BCUT2D eigenvalue weighted by Gasteiger charge is 2.47. The highest BCUT2D eigenvalue weighted by Crippen LogP contribution is 2.30. The van der Waals surface area contributed by atoms with Crippen molar-refractivity contribution in [1.82, 2.24) is 36.4 Å². The molecule has 1 aromatic rings. The Balaban J connectivity index is 1.76. The number of likely N-dealkylation sites (tertiary alicyclic amines) is 1. The zero-order chi connectivity index (χ0) is 42.0. The van der Waals surface area contributed by atoms with Gasteiger partial charge in [0.15, 0.2) is 0 Å². The third-order valence-corrected chi connectivity index (χ3v) is 10.1. The van der Waals surface area contributed by atoms with Gasteiger partial charge in [0, 0.05) is 32.6 Å². The Hall–Kier alpha value is -4.53. The number of amides is 7. The van der Waals surface area contributed by atoms with E-state index in [2.05, 4.69) is 26.6 Å². The number of rotatable bonds is 15. The molecule has 312 valence electrons. The topological polar surface area (TPSA) is 195 Å². The van der Waals surface area contributed by atoms with Gasteiger partial charge in [0.05, 0.1) is 24.3 Å². The first kappa shape index (κ1) is 45.9. The number of hydrogen-bond donors (Lipinski definition) is 5. The lowest BCUT2D eigenvalue weighted by Gasteiger charge is -2.38. The number of ether oxygens (including phenoxy) is 1. The molecule has 0 radical (unpaired) electrons. The average Bonchev–Trinajstić information content (AvgIpc) is 3.53. The number of nitrogens with zero attached hydrogens (tertiary/aromatic N) is 2. The van der Waals surface area contributed by atoms with Gasteiger partial charge in [-0.3, -0.25) is 28.8 Å². The first-order chi connectivity index (χ1) is 26.0. The molecule has 1 aliphatic heterocycles. The molecule has 1 saturated carbocycles. The van der Waals surface area contributed by atoms with Crippen LogP contribution in [0.1, 0.15) is 118 Å². The average molecular weight is 784 g/mol. The fraction of sp³-hybridized carbons (Fsp3) is 0.683. The Bertz CT molecular complexity index is 1560. The number of benzene rings is 1. The normalized spacial score (nSPS) is 19.8. The lowest BCUT2D eigenvalue weighted by atomic mass is 9.83. The first-order valence-electron chi connectivity index (χ1n) is 19.8. The van der Waals surface area contributed by atoms with Gasteiger partial charge in [-0.2, -0.15) is 0 Å². The van der Waals surface area contributed by atoms with E-state index in [1.807, 2.05) is 48.5 Å². The van der Waals surface area contributed by atoms with Crippen molar-refractivity contribution < 1.29 is 38.3 Å². The van der Waals surface area contributed by atoms with Crippen LogP contribution in [0, 0.1) is 5.41 Å². The second kappa shape index (κ2) is 19.6. The molecule has 3 rings (SSSR count). The quantitative estimate of drug-likeness (QED) is 0.167. The second-order valence-electron chi connectivity index (χ2n) is 17.7. The molecule has 1 heterocycles. The predicted octanol–water partition coefficient (Wildman–Crippen LogP) is 3.12. The Morgan fingerprint density at radius 1 is 0.911 bits per heavy atom. The van der Waals surface area contributed by atoms with E-state index >= 15 is 0 Å². The third-order valence-electron chi connectivity index (χ3n) is 10.1. The van der Waals surface area contributed by atoms with Crippen LogP contribution in [-0.4, -0.2) is 114 Å². The van der Waals surface area contributed by atoms with E-state index in [1.54, 1.807) is 51.4 Å². The summed E-state index contributed by atoms with van der Waals surface area (Å²) in [6, 6.07) is 3.84. The van der Waals surface area contributed by atoms with Gasteiger partial charge in [0.2, 0.25) is 29.4 Å². The van der Waals surface area contributed by atoms with Gasteiger partial charge in [0.1, 0.15) is 18.1 Å². The van der Waals surface area contributed by atoms with Gasteiger partial charge in [-0.05, 0) is 57.9 Å². The molecule has 2 fully saturated rings.